The molecule has 1 saturated heterocycles. The zero-order valence-electron chi connectivity index (χ0n) is 11.8. The molecule has 1 aliphatic heterocycles. The van der Waals surface area contributed by atoms with Crippen molar-refractivity contribution in [2.75, 3.05) is 13.7 Å². The van der Waals surface area contributed by atoms with Gasteiger partial charge in [0.15, 0.2) is 0 Å². The third-order valence-corrected chi connectivity index (χ3v) is 5.28. The average molecular weight is 342 g/mol. The standard InChI is InChI=1S/C16H21BrFNO/c1-19-15(12-7-13(17)9-14(18)8-12)11-3-6-20-16(10-11)4-2-5-16/h7-9,11,15,19H,2-6,10H2,1H3. The highest BCUT2D eigenvalue weighted by Gasteiger charge is 2.44. The summed E-state index contributed by atoms with van der Waals surface area (Å²) in [5.41, 5.74) is 1.16. The summed E-state index contributed by atoms with van der Waals surface area (Å²) in [6.45, 7) is 0.833. The Morgan fingerprint density at radius 1 is 1.40 bits per heavy atom. The Morgan fingerprint density at radius 3 is 2.80 bits per heavy atom. The Labute approximate surface area is 128 Å². The van der Waals surface area contributed by atoms with Crippen molar-refractivity contribution < 1.29 is 9.13 Å². The molecule has 2 aliphatic rings. The first kappa shape index (κ1) is 14.5. The van der Waals surface area contributed by atoms with Crippen molar-refractivity contribution in [2.24, 2.45) is 5.92 Å². The Hall–Kier alpha value is -0.450. The van der Waals surface area contributed by atoms with Gasteiger partial charge in [0.05, 0.1) is 5.60 Å². The first-order valence-electron chi connectivity index (χ1n) is 7.39. The molecule has 2 atom stereocenters. The van der Waals surface area contributed by atoms with Crippen LogP contribution in [-0.4, -0.2) is 19.3 Å². The maximum absolute atomic E-state index is 13.6. The number of rotatable bonds is 3. The van der Waals surface area contributed by atoms with Crippen molar-refractivity contribution in [3.63, 3.8) is 0 Å². The van der Waals surface area contributed by atoms with E-state index in [0.29, 0.717) is 5.92 Å². The minimum Gasteiger partial charge on any atom is -0.375 e. The van der Waals surface area contributed by atoms with Gasteiger partial charge < -0.3 is 10.1 Å². The molecule has 4 heteroatoms. The van der Waals surface area contributed by atoms with Gasteiger partial charge in [0.25, 0.3) is 0 Å². The zero-order chi connectivity index (χ0) is 14.2. The van der Waals surface area contributed by atoms with Gasteiger partial charge in [0.1, 0.15) is 5.82 Å². The number of ether oxygens (including phenoxy) is 1. The highest BCUT2D eigenvalue weighted by Crippen LogP contribution is 2.47. The van der Waals surface area contributed by atoms with E-state index in [9.17, 15) is 4.39 Å². The average Bonchev–Trinajstić information content (AvgIpc) is 2.37. The summed E-state index contributed by atoms with van der Waals surface area (Å²) in [5, 5.41) is 3.39. The van der Waals surface area contributed by atoms with Crippen LogP contribution in [0.3, 0.4) is 0 Å². The van der Waals surface area contributed by atoms with Gasteiger partial charge in [0, 0.05) is 17.1 Å². The van der Waals surface area contributed by atoms with Crippen LogP contribution < -0.4 is 5.32 Å². The van der Waals surface area contributed by atoms with Crippen molar-refractivity contribution in [3.05, 3.63) is 34.1 Å². The van der Waals surface area contributed by atoms with E-state index in [-0.39, 0.29) is 17.5 Å². The fourth-order valence-electron chi connectivity index (χ4n) is 3.70. The smallest absolute Gasteiger partial charge is 0.124 e. The molecular weight excluding hydrogens is 321 g/mol. The van der Waals surface area contributed by atoms with Crippen LogP contribution in [0.15, 0.2) is 22.7 Å². The summed E-state index contributed by atoms with van der Waals surface area (Å²) in [7, 11) is 1.96. The lowest BCUT2D eigenvalue weighted by molar-refractivity contribution is -0.147. The molecule has 1 aromatic carbocycles. The second-order valence-electron chi connectivity index (χ2n) is 6.11. The van der Waals surface area contributed by atoms with Gasteiger partial charge in [-0.2, -0.15) is 0 Å². The Morgan fingerprint density at radius 2 is 2.20 bits per heavy atom. The molecule has 1 saturated carbocycles. The minimum absolute atomic E-state index is 0.128. The second kappa shape index (κ2) is 5.74. The lowest BCUT2D eigenvalue weighted by atomic mass is 9.69. The van der Waals surface area contributed by atoms with Crippen molar-refractivity contribution in [1.29, 1.82) is 0 Å². The molecular formula is C16H21BrFNO. The van der Waals surface area contributed by atoms with Gasteiger partial charge in [0.2, 0.25) is 0 Å². The molecule has 1 heterocycles. The first-order valence-corrected chi connectivity index (χ1v) is 8.18. The van der Waals surface area contributed by atoms with Crippen LogP contribution in [0.25, 0.3) is 0 Å². The van der Waals surface area contributed by atoms with Gasteiger partial charge in [-0.3, -0.25) is 0 Å². The Balaban J connectivity index is 1.81. The molecule has 1 spiro atoms. The predicted octanol–water partition coefficient (Wildman–Crippen LogP) is 4.20. The molecule has 0 radical (unpaired) electrons. The van der Waals surface area contributed by atoms with Crippen LogP contribution in [0.5, 0.6) is 0 Å². The first-order chi connectivity index (χ1) is 9.62. The quantitative estimate of drug-likeness (QED) is 0.889. The van der Waals surface area contributed by atoms with Crippen LogP contribution in [0.4, 0.5) is 4.39 Å². The SMILES string of the molecule is CNC(c1cc(F)cc(Br)c1)C1CCOC2(CCC2)C1. The van der Waals surface area contributed by atoms with E-state index in [0.717, 1.165) is 29.5 Å². The maximum Gasteiger partial charge on any atom is 0.124 e. The van der Waals surface area contributed by atoms with E-state index in [2.05, 4.69) is 21.2 Å². The molecule has 2 fully saturated rings. The normalized spacial score (nSPS) is 26.2. The zero-order valence-corrected chi connectivity index (χ0v) is 13.4. The van der Waals surface area contributed by atoms with Gasteiger partial charge >= 0.3 is 0 Å². The monoisotopic (exact) mass is 341 g/mol. The largest absolute Gasteiger partial charge is 0.375 e. The maximum atomic E-state index is 13.6. The molecule has 0 amide bonds. The van der Waals surface area contributed by atoms with E-state index in [1.807, 2.05) is 13.1 Å². The fourth-order valence-corrected chi connectivity index (χ4v) is 4.18. The number of nitrogens with one attached hydrogen (secondary N) is 1. The van der Waals surface area contributed by atoms with Crippen LogP contribution in [-0.2, 0) is 4.74 Å². The van der Waals surface area contributed by atoms with Crippen molar-refractivity contribution in [1.82, 2.24) is 5.32 Å². The summed E-state index contributed by atoms with van der Waals surface area (Å²) in [4.78, 5) is 0. The molecule has 0 aromatic heterocycles. The van der Waals surface area contributed by atoms with Crippen LogP contribution in [0, 0.1) is 11.7 Å². The van der Waals surface area contributed by atoms with Crippen molar-refractivity contribution in [2.45, 2.75) is 43.7 Å². The molecule has 2 unspecified atom stereocenters. The minimum atomic E-state index is -0.181. The molecule has 2 nitrogen and oxygen atoms in total. The third-order valence-electron chi connectivity index (χ3n) is 4.82. The lowest BCUT2D eigenvalue weighted by Gasteiger charge is -2.48. The van der Waals surface area contributed by atoms with Gasteiger partial charge in [-0.1, -0.05) is 15.9 Å². The van der Waals surface area contributed by atoms with E-state index in [4.69, 9.17) is 4.74 Å². The number of halogens is 2. The Kier molecular flexibility index (Phi) is 4.16. The van der Waals surface area contributed by atoms with Crippen LogP contribution in [0.1, 0.15) is 43.7 Å². The number of hydrogen-bond donors (Lipinski definition) is 1. The molecule has 20 heavy (non-hydrogen) atoms. The third kappa shape index (κ3) is 2.78. The highest BCUT2D eigenvalue weighted by molar-refractivity contribution is 9.10. The lowest BCUT2D eigenvalue weighted by Crippen LogP contribution is -2.47. The van der Waals surface area contributed by atoms with Gasteiger partial charge in [-0.25, -0.2) is 4.39 Å². The van der Waals surface area contributed by atoms with Crippen molar-refractivity contribution >= 4 is 15.9 Å². The molecule has 0 bridgehead atoms. The fraction of sp³-hybridized carbons (Fsp3) is 0.625. The molecule has 3 rings (SSSR count). The second-order valence-corrected chi connectivity index (χ2v) is 7.02. The summed E-state index contributed by atoms with van der Waals surface area (Å²) in [6, 6.07) is 5.37. The van der Waals surface area contributed by atoms with Crippen LogP contribution >= 0.6 is 15.9 Å². The van der Waals surface area contributed by atoms with Gasteiger partial charge in [-0.15, -0.1) is 0 Å². The van der Waals surface area contributed by atoms with Gasteiger partial charge in [-0.05, 0) is 68.8 Å². The number of benzene rings is 1. The van der Waals surface area contributed by atoms with E-state index in [1.165, 1.54) is 25.3 Å². The summed E-state index contributed by atoms with van der Waals surface area (Å²) in [6.07, 6.45) is 5.79. The molecule has 1 aromatic rings. The Bertz CT molecular complexity index is 469. The van der Waals surface area contributed by atoms with E-state index < -0.39 is 0 Å². The summed E-state index contributed by atoms with van der Waals surface area (Å²) in [5.74, 6) is 0.336. The van der Waals surface area contributed by atoms with Crippen molar-refractivity contribution in [3.8, 4) is 0 Å². The summed E-state index contributed by atoms with van der Waals surface area (Å²) < 4.78 is 20.4. The van der Waals surface area contributed by atoms with E-state index in [1.54, 1.807) is 6.07 Å². The molecule has 110 valence electrons. The molecule has 1 N–H and O–H groups in total. The highest BCUT2D eigenvalue weighted by atomic mass is 79.9. The number of hydrogen-bond acceptors (Lipinski definition) is 2. The topological polar surface area (TPSA) is 21.3 Å². The summed E-state index contributed by atoms with van der Waals surface area (Å²) >= 11 is 3.39. The molecule has 1 aliphatic carbocycles. The predicted molar refractivity (Wildman–Crippen MR) is 81.2 cm³/mol. The van der Waals surface area contributed by atoms with E-state index >= 15 is 0 Å². The van der Waals surface area contributed by atoms with Crippen LogP contribution in [0.2, 0.25) is 0 Å².